The Labute approximate surface area is 127 Å². The van der Waals surface area contributed by atoms with E-state index in [2.05, 4.69) is 5.32 Å². The Morgan fingerprint density at radius 3 is 2.64 bits per heavy atom. The molecule has 1 aromatic rings. The first-order valence-electron chi connectivity index (χ1n) is 7.25. The lowest BCUT2D eigenvalue weighted by Crippen LogP contribution is -2.34. The number of esters is 1. The van der Waals surface area contributed by atoms with Crippen molar-refractivity contribution >= 4 is 11.7 Å². The minimum Gasteiger partial charge on any atom is -0.469 e. The number of nitro groups is 1. The molecule has 0 aromatic heterocycles. The van der Waals surface area contributed by atoms with Gasteiger partial charge in [0.2, 0.25) is 5.82 Å². The van der Waals surface area contributed by atoms with Crippen molar-refractivity contribution in [2.75, 3.05) is 7.11 Å². The first-order chi connectivity index (χ1) is 10.5. The molecule has 0 spiro atoms. The molecular formula is C15H19FN2O4. The van der Waals surface area contributed by atoms with E-state index in [4.69, 9.17) is 4.74 Å². The van der Waals surface area contributed by atoms with E-state index in [0.29, 0.717) is 12.1 Å². The summed E-state index contributed by atoms with van der Waals surface area (Å²) in [5, 5.41) is 13.9. The van der Waals surface area contributed by atoms with E-state index in [0.717, 1.165) is 25.7 Å². The molecule has 1 aromatic carbocycles. The van der Waals surface area contributed by atoms with E-state index in [1.807, 2.05) is 0 Å². The average Bonchev–Trinajstić information content (AvgIpc) is 2.52. The SMILES string of the molecule is COC(=O)C1CCC(NCc2ccc([N+](=O)[O-])c(F)c2)CC1. The molecule has 22 heavy (non-hydrogen) atoms. The smallest absolute Gasteiger partial charge is 0.308 e. The number of benzene rings is 1. The maximum Gasteiger partial charge on any atom is 0.308 e. The Kier molecular flexibility index (Phi) is 5.43. The van der Waals surface area contributed by atoms with Gasteiger partial charge in [0.15, 0.2) is 0 Å². The van der Waals surface area contributed by atoms with Gasteiger partial charge in [0, 0.05) is 18.7 Å². The zero-order valence-corrected chi connectivity index (χ0v) is 12.4. The second kappa shape index (κ2) is 7.31. The summed E-state index contributed by atoms with van der Waals surface area (Å²) < 4.78 is 18.3. The average molecular weight is 310 g/mol. The number of rotatable bonds is 5. The first kappa shape index (κ1) is 16.4. The summed E-state index contributed by atoms with van der Waals surface area (Å²) >= 11 is 0. The minimum atomic E-state index is -0.821. The van der Waals surface area contributed by atoms with Gasteiger partial charge in [-0.05, 0) is 37.3 Å². The lowest BCUT2D eigenvalue weighted by atomic mass is 9.86. The van der Waals surface area contributed by atoms with Crippen LogP contribution in [0.5, 0.6) is 0 Å². The summed E-state index contributed by atoms with van der Waals surface area (Å²) in [7, 11) is 1.40. The number of hydrogen-bond acceptors (Lipinski definition) is 5. The number of nitrogens with one attached hydrogen (secondary N) is 1. The van der Waals surface area contributed by atoms with Gasteiger partial charge in [-0.25, -0.2) is 0 Å². The van der Waals surface area contributed by atoms with Crippen LogP contribution in [0.15, 0.2) is 18.2 Å². The zero-order valence-electron chi connectivity index (χ0n) is 12.4. The van der Waals surface area contributed by atoms with Gasteiger partial charge in [-0.2, -0.15) is 4.39 Å². The highest BCUT2D eigenvalue weighted by atomic mass is 19.1. The van der Waals surface area contributed by atoms with Crippen molar-refractivity contribution in [3.8, 4) is 0 Å². The molecule has 0 bridgehead atoms. The molecule has 6 nitrogen and oxygen atoms in total. The van der Waals surface area contributed by atoms with E-state index in [1.165, 1.54) is 19.2 Å². The van der Waals surface area contributed by atoms with E-state index < -0.39 is 16.4 Å². The predicted molar refractivity (Wildman–Crippen MR) is 77.7 cm³/mol. The van der Waals surface area contributed by atoms with E-state index in [-0.39, 0.29) is 17.9 Å². The zero-order chi connectivity index (χ0) is 16.1. The fourth-order valence-corrected chi connectivity index (χ4v) is 2.77. The van der Waals surface area contributed by atoms with Crippen molar-refractivity contribution in [1.29, 1.82) is 0 Å². The van der Waals surface area contributed by atoms with Crippen molar-refractivity contribution in [2.24, 2.45) is 5.92 Å². The van der Waals surface area contributed by atoms with Gasteiger partial charge in [0.1, 0.15) is 0 Å². The fourth-order valence-electron chi connectivity index (χ4n) is 2.77. The monoisotopic (exact) mass is 310 g/mol. The summed E-state index contributed by atoms with van der Waals surface area (Å²) in [6, 6.07) is 4.18. The number of ether oxygens (including phenoxy) is 1. The summed E-state index contributed by atoms with van der Waals surface area (Å²) in [6.07, 6.45) is 3.27. The van der Waals surface area contributed by atoms with Crippen LogP contribution in [0.3, 0.4) is 0 Å². The Hall–Kier alpha value is -2.02. The molecule has 0 atom stereocenters. The molecule has 7 heteroatoms. The largest absolute Gasteiger partial charge is 0.469 e. The number of carbonyl (C=O) groups excluding carboxylic acids is 1. The molecule has 1 aliphatic rings. The number of methoxy groups -OCH3 is 1. The number of nitro benzene ring substituents is 1. The normalized spacial score (nSPS) is 21.4. The summed E-state index contributed by atoms with van der Waals surface area (Å²) in [5.74, 6) is -1.01. The molecule has 2 rings (SSSR count). The van der Waals surface area contributed by atoms with Crippen molar-refractivity contribution in [2.45, 2.75) is 38.3 Å². The van der Waals surface area contributed by atoms with Crippen molar-refractivity contribution < 1.29 is 18.8 Å². The minimum absolute atomic E-state index is 0.0279. The molecule has 0 radical (unpaired) electrons. The number of halogens is 1. The summed E-state index contributed by atoms with van der Waals surface area (Å²) in [4.78, 5) is 21.3. The van der Waals surface area contributed by atoms with Crippen LogP contribution in [0.4, 0.5) is 10.1 Å². The van der Waals surface area contributed by atoms with Crippen molar-refractivity contribution in [1.82, 2.24) is 5.32 Å². The van der Waals surface area contributed by atoms with Crippen LogP contribution < -0.4 is 5.32 Å². The van der Waals surface area contributed by atoms with Crippen LogP contribution in [0, 0.1) is 21.8 Å². The van der Waals surface area contributed by atoms with Crippen LogP contribution >= 0.6 is 0 Å². The van der Waals surface area contributed by atoms with Gasteiger partial charge in [-0.1, -0.05) is 6.07 Å². The van der Waals surface area contributed by atoms with Gasteiger partial charge in [-0.15, -0.1) is 0 Å². The Balaban J connectivity index is 1.83. The molecule has 1 fully saturated rings. The molecule has 0 aliphatic heterocycles. The summed E-state index contributed by atoms with van der Waals surface area (Å²) in [5.41, 5.74) is 0.153. The van der Waals surface area contributed by atoms with Crippen LogP contribution in [0.25, 0.3) is 0 Å². The first-order valence-corrected chi connectivity index (χ1v) is 7.25. The van der Waals surface area contributed by atoms with E-state index in [9.17, 15) is 19.3 Å². The van der Waals surface area contributed by atoms with Crippen LogP contribution in [-0.4, -0.2) is 24.0 Å². The number of hydrogen-bond donors (Lipinski definition) is 1. The quantitative estimate of drug-likeness (QED) is 0.513. The van der Waals surface area contributed by atoms with Gasteiger partial charge >= 0.3 is 11.7 Å². The molecule has 0 saturated heterocycles. The predicted octanol–water partition coefficient (Wildman–Crippen LogP) is 2.56. The molecule has 1 N–H and O–H groups in total. The highest BCUT2D eigenvalue weighted by Gasteiger charge is 2.26. The third kappa shape index (κ3) is 4.00. The lowest BCUT2D eigenvalue weighted by molar-refractivity contribution is -0.387. The number of nitrogens with zero attached hydrogens (tertiary/aromatic N) is 1. The highest BCUT2D eigenvalue weighted by Crippen LogP contribution is 2.25. The van der Waals surface area contributed by atoms with Gasteiger partial charge in [-0.3, -0.25) is 14.9 Å². The highest BCUT2D eigenvalue weighted by molar-refractivity contribution is 5.72. The molecular weight excluding hydrogens is 291 g/mol. The molecule has 1 saturated carbocycles. The second-order valence-corrected chi connectivity index (χ2v) is 5.50. The Bertz CT molecular complexity index is 556. The van der Waals surface area contributed by atoms with Crippen molar-refractivity contribution in [3.05, 3.63) is 39.7 Å². The Morgan fingerprint density at radius 1 is 1.41 bits per heavy atom. The lowest BCUT2D eigenvalue weighted by Gasteiger charge is -2.27. The molecule has 0 amide bonds. The Morgan fingerprint density at radius 2 is 2.09 bits per heavy atom. The topological polar surface area (TPSA) is 81.5 Å². The van der Waals surface area contributed by atoms with Crippen LogP contribution in [0.1, 0.15) is 31.2 Å². The van der Waals surface area contributed by atoms with E-state index >= 15 is 0 Å². The maximum absolute atomic E-state index is 13.5. The van der Waals surface area contributed by atoms with Crippen LogP contribution in [0.2, 0.25) is 0 Å². The standard InChI is InChI=1S/C15H19FN2O4/c1-22-15(19)11-3-5-12(6-4-11)17-9-10-2-7-14(18(20)21)13(16)8-10/h2,7-8,11-12,17H,3-6,9H2,1H3. The molecule has 120 valence electrons. The molecule has 0 heterocycles. The van der Waals surface area contributed by atoms with E-state index in [1.54, 1.807) is 6.07 Å². The van der Waals surface area contributed by atoms with Gasteiger partial charge in [0.25, 0.3) is 0 Å². The van der Waals surface area contributed by atoms with Crippen LogP contribution in [-0.2, 0) is 16.1 Å². The third-order valence-corrected chi connectivity index (χ3v) is 4.07. The third-order valence-electron chi connectivity index (χ3n) is 4.07. The second-order valence-electron chi connectivity index (χ2n) is 5.50. The van der Waals surface area contributed by atoms with Gasteiger partial charge < -0.3 is 10.1 Å². The maximum atomic E-state index is 13.5. The van der Waals surface area contributed by atoms with Crippen molar-refractivity contribution in [3.63, 3.8) is 0 Å². The number of carbonyl (C=O) groups is 1. The molecule has 0 unspecified atom stereocenters. The molecule has 1 aliphatic carbocycles. The van der Waals surface area contributed by atoms with Gasteiger partial charge in [0.05, 0.1) is 18.0 Å². The fraction of sp³-hybridized carbons (Fsp3) is 0.533. The summed E-state index contributed by atoms with van der Waals surface area (Å²) in [6.45, 7) is 0.447.